The van der Waals surface area contributed by atoms with Crippen molar-refractivity contribution in [2.75, 3.05) is 6.79 Å². The highest BCUT2D eigenvalue weighted by Gasteiger charge is 2.17. The van der Waals surface area contributed by atoms with Gasteiger partial charge < -0.3 is 9.47 Å². The second-order valence-corrected chi connectivity index (χ2v) is 5.20. The third-order valence-electron chi connectivity index (χ3n) is 4.10. The highest BCUT2D eigenvalue weighted by molar-refractivity contribution is 6.17. The van der Waals surface area contributed by atoms with Crippen LogP contribution in [0, 0.1) is 0 Å². The first kappa shape index (κ1) is 10.9. The van der Waals surface area contributed by atoms with Crippen molar-refractivity contribution in [3.63, 3.8) is 0 Å². The van der Waals surface area contributed by atoms with Crippen LogP contribution in [0.25, 0.3) is 32.4 Å². The van der Waals surface area contributed by atoms with Gasteiger partial charge in [0.15, 0.2) is 11.5 Å². The van der Waals surface area contributed by atoms with E-state index in [0.717, 1.165) is 33.2 Å². The lowest BCUT2D eigenvalue weighted by atomic mass is 10.00. The van der Waals surface area contributed by atoms with E-state index in [4.69, 9.17) is 9.47 Å². The van der Waals surface area contributed by atoms with E-state index in [1.165, 1.54) is 10.8 Å². The summed E-state index contributed by atoms with van der Waals surface area (Å²) in [6.45, 7) is 0.294. The minimum atomic E-state index is 0.294. The molecule has 5 rings (SSSR count). The molecular weight excluding hydrogens is 262 g/mol. The second kappa shape index (κ2) is 3.85. The maximum Gasteiger partial charge on any atom is 0.231 e. The van der Waals surface area contributed by atoms with Gasteiger partial charge in [0.2, 0.25) is 6.79 Å². The van der Waals surface area contributed by atoms with Crippen molar-refractivity contribution in [1.82, 2.24) is 4.98 Å². The van der Waals surface area contributed by atoms with E-state index in [1.54, 1.807) is 0 Å². The molecular formula is C18H11NO2. The Bertz CT molecular complexity index is 1020. The average molecular weight is 273 g/mol. The lowest BCUT2D eigenvalue weighted by Gasteiger charge is -2.08. The number of hydrogen-bond donors (Lipinski definition) is 0. The van der Waals surface area contributed by atoms with Crippen LogP contribution in [0.4, 0.5) is 0 Å². The van der Waals surface area contributed by atoms with Crippen LogP contribution in [0.3, 0.4) is 0 Å². The van der Waals surface area contributed by atoms with Gasteiger partial charge in [-0.05, 0) is 35.0 Å². The van der Waals surface area contributed by atoms with Crippen LogP contribution in [-0.4, -0.2) is 11.8 Å². The van der Waals surface area contributed by atoms with Crippen molar-refractivity contribution in [2.45, 2.75) is 0 Å². The van der Waals surface area contributed by atoms with Gasteiger partial charge in [-0.1, -0.05) is 24.3 Å². The summed E-state index contributed by atoms with van der Waals surface area (Å²) in [7, 11) is 0. The van der Waals surface area contributed by atoms with Crippen LogP contribution in [0.15, 0.2) is 54.7 Å². The Kier molecular flexibility index (Phi) is 2.00. The Hall–Kier alpha value is -2.81. The fourth-order valence-corrected chi connectivity index (χ4v) is 3.12. The predicted octanol–water partition coefficient (Wildman–Crippen LogP) is 4.27. The molecule has 1 aromatic heterocycles. The van der Waals surface area contributed by atoms with Crippen LogP contribution in [0.2, 0.25) is 0 Å². The average Bonchev–Trinajstić information content (AvgIpc) is 3.03. The quantitative estimate of drug-likeness (QED) is 0.448. The molecule has 0 amide bonds. The number of fused-ring (bicyclic) bond motifs is 7. The zero-order chi connectivity index (χ0) is 13.8. The summed E-state index contributed by atoms with van der Waals surface area (Å²) in [5, 5.41) is 5.76. The molecule has 4 aromatic rings. The number of benzene rings is 3. The van der Waals surface area contributed by atoms with Gasteiger partial charge in [0.25, 0.3) is 0 Å². The summed E-state index contributed by atoms with van der Waals surface area (Å²) in [5.74, 6) is 1.65. The molecule has 0 radical (unpaired) electrons. The van der Waals surface area contributed by atoms with Crippen molar-refractivity contribution in [3.05, 3.63) is 54.7 Å². The smallest absolute Gasteiger partial charge is 0.231 e. The molecule has 0 spiro atoms. The minimum Gasteiger partial charge on any atom is -0.454 e. The Labute approximate surface area is 120 Å². The first-order chi connectivity index (χ1) is 10.4. The van der Waals surface area contributed by atoms with Crippen molar-refractivity contribution >= 4 is 32.4 Å². The first-order valence-corrected chi connectivity index (χ1v) is 6.90. The van der Waals surface area contributed by atoms with E-state index in [1.807, 2.05) is 30.5 Å². The molecule has 1 aliphatic rings. The number of para-hydroxylation sites is 1. The summed E-state index contributed by atoms with van der Waals surface area (Å²) in [5.41, 5.74) is 1.02. The molecule has 0 saturated heterocycles. The third kappa shape index (κ3) is 1.40. The lowest BCUT2D eigenvalue weighted by molar-refractivity contribution is 0.175. The Balaban J connectivity index is 1.99. The van der Waals surface area contributed by atoms with E-state index >= 15 is 0 Å². The van der Waals surface area contributed by atoms with Crippen molar-refractivity contribution in [1.29, 1.82) is 0 Å². The zero-order valence-electron chi connectivity index (χ0n) is 11.2. The summed E-state index contributed by atoms with van der Waals surface area (Å²) in [4.78, 5) is 4.58. The standard InChI is InChI=1S/C18H11NO2/c1-2-4-16-13(3-1)11-5-6-14-12(15(11)9-19-16)7-8-17-18(14)21-10-20-17/h1-9H,10H2. The topological polar surface area (TPSA) is 31.4 Å². The fourth-order valence-electron chi connectivity index (χ4n) is 3.12. The van der Waals surface area contributed by atoms with Gasteiger partial charge in [-0.15, -0.1) is 0 Å². The largest absolute Gasteiger partial charge is 0.454 e. The van der Waals surface area contributed by atoms with Gasteiger partial charge in [-0.3, -0.25) is 4.98 Å². The Morgan fingerprint density at radius 3 is 2.52 bits per heavy atom. The number of hydrogen-bond acceptors (Lipinski definition) is 3. The fraction of sp³-hybridized carbons (Fsp3) is 0.0556. The summed E-state index contributed by atoms with van der Waals surface area (Å²) < 4.78 is 11.1. The minimum absolute atomic E-state index is 0.294. The Morgan fingerprint density at radius 2 is 1.52 bits per heavy atom. The first-order valence-electron chi connectivity index (χ1n) is 6.90. The van der Waals surface area contributed by atoms with Crippen LogP contribution in [-0.2, 0) is 0 Å². The van der Waals surface area contributed by atoms with Crippen molar-refractivity contribution < 1.29 is 9.47 Å². The van der Waals surface area contributed by atoms with E-state index in [0.29, 0.717) is 6.79 Å². The SMILES string of the molecule is c1ccc2c(c1)ncc1c3ccc4c(c3ccc21)OCO4. The molecule has 3 aromatic carbocycles. The molecule has 0 fully saturated rings. The normalized spacial score (nSPS) is 13.3. The lowest BCUT2D eigenvalue weighted by Crippen LogP contribution is -1.93. The Morgan fingerprint density at radius 1 is 0.714 bits per heavy atom. The second-order valence-electron chi connectivity index (χ2n) is 5.20. The van der Waals surface area contributed by atoms with Gasteiger partial charge in [0.1, 0.15) is 0 Å². The van der Waals surface area contributed by atoms with Gasteiger partial charge in [0, 0.05) is 22.4 Å². The molecule has 100 valence electrons. The van der Waals surface area contributed by atoms with Crippen LogP contribution >= 0.6 is 0 Å². The number of rotatable bonds is 0. The van der Waals surface area contributed by atoms with Crippen molar-refractivity contribution in [2.24, 2.45) is 0 Å². The van der Waals surface area contributed by atoms with E-state index in [-0.39, 0.29) is 0 Å². The highest BCUT2D eigenvalue weighted by atomic mass is 16.7. The molecule has 1 aliphatic heterocycles. The molecule has 0 unspecified atom stereocenters. The monoisotopic (exact) mass is 273 g/mol. The van der Waals surface area contributed by atoms with E-state index < -0.39 is 0 Å². The maximum absolute atomic E-state index is 5.61. The van der Waals surface area contributed by atoms with Crippen molar-refractivity contribution in [3.8, 4) is 11.5 Å². The number of ether oxygens (including phenoxy) is 2. The molecule has 0 atom stereocenters. The van der Waals surface area contributed by atoms with E-state index in [9.17, 15) is 0 Å². The molecule has 2 heterocycles. The summed E-state index contributed by atoms with van der Waals surface area (Å²) in [6, 6.07) is 16.5. The number of pyridine rings is 1. The summed E-state index contributed by atoms with van der Waals surface area (Å²) in [6.07, 6.45) is 1.95. The molecule has 0 bridgehead atoms. The molecule has 0 N–H and O–H groups in total. The molecule has 21 heavy (non-hydrogen) atoms. The van der Waals surface area contributed by atoms with Crippen LogP contribution < -0.4 is 9.47 Å². The zero-order valence-corrected chi connectivity index (χ0v) is 11.2. The highest BCUT2D eigenvalue weighted by Crippen LogP contribution is 2.41. The van der Waals surface area contributed by atoms with Crippen LogP contribution in [0.1, 0.15) is 0 Å². The van der Waals surface area contributed by atoms with Crippen LogP contribution in [0.5, 0.6) is 11.5 Å². The summed E-state index contributed by atoms with van der Waals surface area (Å²) >= 11 is 0. The molecule has 3 nitrogen and oxygen atoms in total. The molecule has 3 heteroatoms. The van der Waals surface area contributed by atoms with E-state index in [2.05, 4.69) is 29.2 Å². The number of aromatic nitrogens is 1. The van der Waals surface area contributed by atoms with Gasteiger partial charge >= 0.3 is 0 Å². The third-order valence-corrected chi connectivity index (χ3v) is 4.10. The van der Waals surface area contributed by atoms with Gasteiger partial charge in [-0.25, -0.2) is 0 Å². The molecule has 0 saturated carbocycles. The van der Waals surface area contributed by atoms with Gasteiger partial charge in [-0.2, -0.15) is 0 Å². The van der Waals surface area contributed by atoms with Gasteiger partial charge in [0.05, 0.1) is 5.52 Å². The molecule has 0 aliphatic carbocycles. The maximum atomic E-state index is 5.61. The number of nitrogens with zero attached hydrogens (tertiary/aromatic N) is 1. The predicted molar refractivity (Wildman–Crippen MR) is 82.9 cm³/mol.